The molecule has 26 heavy (non-hydrogen) atoms. The number of unbranched alkanes of at least 4 members (excludes halogenated alkanes) is 5. The molecule has 0 spiro atoms. The summed E-state index contributed by atoms with van der Waals surface area (Å²) in [5.41, 5.74) is 1.11. The molecular weight excluding hydrogens is 328 g/mol. The van der Waals surface area contributed by atoms with E-state index in [4.69, 9.17) is 9.47 Å². The molecule has 1 rings (SSSR count). The Hall–Kier alpha value is -1.84. The maximum absolute atomic E-state index is 11.9. The van der Waals surface area contributed by atoms with E-state index in [1.54, 1.807) is 6.07 Å². The Morgan fingerprint density at radius 1 is 0.962 bits per heavy atom. The Kier molecular flexibility index (Phi) is 11.4. The van der Waals surface area contributed by atoms with Crippen LogP contribution in [0.3, 0.4) is 0 Å². The predicted octanol–water partition coefficient (Wildman–Crippen LogP) is 5.62. The van der Waals surface area contributed by atoms with Gasteiger partial charge in [-0.15, -0.1) is 0 Å². The Balaban J connectivity index is 2.17. The summed E-state index contributed by atoms with van der Waals surface area (Å²) in [7, 11) is 0. The summed E-state index contributed by atoms with van der Waals surface area (Å²) in [6, 6.07) is 7.44. The lowest BCUT2D eigenvalue weighted by Gasteiger charge is -2.13. The number of esters is 2. The van der Waals surface area contributed by atoms with Gasteiger partial charge in [-0.2, -0.15) is 0 Å². The molecule has 1 aromatic rings. The van der Waals surface area contributed by atoms with E-state index in [1.807, 2.05) is 32.0 Å². The van der Waals surface area contributed by atoms with Gasteiger partial charge >= 0.3 is 11.9 Å². The summed E-state index contributed by atoms with van der Waals surface area (Å²) in [5.74, 6) is -0.208. The highest BCUT2D eigenvalue weighted by molar-refractivity contribution is 5.79. The number of carbonyl (C=O) groups excluding carboxylic acids is 2. The molecule has 0 saturated heterocycles. The Bertz CT molecular complexity index is 539. The standard InChI is InChI=1S/C22H34O4/c1-4-6-7-8-9-10-12-18(3)25-21(23)15-16-22(24)26-20-14-11-13-19(5-2)17-20/h11,13-14,17-18H,4-10,12,15-16H2,1-3H3. The molecule has 0 fully saturated rings. The number of aryl methyl sites for hydroxylation is 1. The van der Waals surface area contributed by atoms with Crippen molar-refractivity contribution in [1.29, 1.82) is 0 Å². The highest BCUT2D eigenvalue weighted by Crippen LogP contribution is 2.15. The minimum Gasteiger partial charge on any atom is -0.463 e. The second kappa shape index (κ2) is 13.4. The molecular formula is C22H34O4. The fourth-order valence-electron chi connectivity index (χ4n) is 2.77. The highest BCUT2D eigenvalue weighted by Gasteiger charge is 2.13. The lowest BCUT2D eigenvalue weighted by Crippen LogP contribution is -2.17. The molecule has 1 unspecified atom stereocenters. The predicted molar refractivity (Wildman–Crippen MR) is 104 cm³/mol. The van der Waals surface area contributed by atoms with Crippen LogP contribution in [0.15, 0.2) is 24.3 Å². The first-order valence-corrected chi connectivity index (χ1v) is 10.0. The third-order valence-corrected chi connectivity index (χ3v) is 4.37. The van der Waals surface area contributed by atoms with E-state index in [0.29, 0.717) is 5.75 Å². The summed E-state index contributed by atoms with van der Waals surface area (Å²) in [6.45, 7) is 6.17. The van der Waals surface area contributed by atoms with E-state index in [-0.39, 0.29) is 24.9 Å². The van der Waals surface area contributed by atoms with Crippen LogP contribution in [0.4, 0.5) is 0 Å². The molecule has 0 aliphatic rings. The van der Waals surface area contributed by atoms with Crippen molar-refractivity contribution in [2.45, 2.75) is 91.1 Å². The zero-order valence-electron chi connectivity index (χ0n) is 16.6. The van der Waals surface area contributed by atoms with Gasteiger partial charge in [-0.3, -0.25) is 9.59 Å². The summed E-state index contributed by atoms with van der Waals surface area (Å²) in [4.78, 5) is 23.7. The van der Waals surface area contributed by atoms with Gasteiger partial charge in [-0.05, 0) is 43.9 Å². The first-order valence-electron chi connectivity index (χ1n) is 10.0. The molecule has 0 amide bonds. The van der Waals surface area contributed by atoms with Crippen LogP contribution in [0.5, 0.6) is 5.75 Å². The molecule has 4 heteroatoms. The normalized spacial score (nSPS) is 11.8. The summed E-state index contributed by atoms with van der Waals surface area (Å²) < 4.78 is 10.6. The van der Waals surface area contributed by atoms with E-state index in [0.717, 1.165) is 24.8 Å². The van der Waals surface area contributed by atoms with Crippen LogP contribution < -0.4 is 4.74 Å². The molecule has 0 aliphatic heterocycles. The number of hydrogen-bond acceptors (Lipinski definition) is 4. The second-order valence-corrected chi connectivity index (χ2v) is 6.83. The van der Waals surface area contributed by atoms with Crippen LogP contribution in [-0.4, -0.2) is 18.0 Å². The molecule has 0 aromatic heterocycles. The fourth-order valence-corrected chi connectivity index (χ4v) is 2.77. The third kappa shape index (κ3) is 10.2. The van der Waals surface area contributed by atoms with Crippen LogP contribution in [0, 0.1) is 0 Å². The van der Waals surface area contributed by atoms with Gasteiger partial charge in [0.25, 0.3) is 0 Å². The zero-order valence-corrected chi connectivity index (χ0v) is 16.6. The quantitative estimate of drug-likeness (QED) is 0.260. The molecule has 146 valence electrons. The van der Waals surface area contributed by atoms with Gasteiger partial charge in [0, 0.05) is 0 Å². The van der Waals surface area contributed by atoms with Gasteiger partial charge < -0.3 is 9.47 Å². The summed E-state index contributed by atoms with van der Waals surface area (Å²) in [6.07, 6.45) is 9.12. The second-order valence-electron chi connectivity index (χ2n) is 6.83. The van der Waals surface area contributed by atoms with Crippen molar-refractivity contribution >= 4 is 11.9 Å². The van der Waals surface area contributed by atoms with Gasteiger partial charge in [-0.1, -0.05) is 58.1 Å². The molecule has 0 bridgehead atoms. The van der Waals surface area contributed by atoms with E-state index in [2.05, 4.69) is 6.92 Å². The van der Waals surface area contributed by atoms with Crippen molar-refractivity contribution < 1.29 is 19.1 Å². The minimum atomic E-state index is -0.404. The van der Waals surface area contributed by atoms with Crippen molar-refractivity contribution in [3.8, 4) is 5.75 Å². The van der Waals surface area contributed by atoms with Gasteiger partial charge in [-0.25, -0.2) is 0 Å². The molecule has 0 saturated carbocycles. The largest absolute Gasteiger partial charge is 0.463 e. The first kappa shape index (κ1) is 22.2. The number of benzene rings is 1. The number of ether oxygens (including phenoxy) is 2. The maximum Gasteiger partial charge on any atom is 0.311 e. The molecule has 0 aliphatic carbocycles. The molecule has 0 N–H and O–H groups in total. The zero-order chi connectivity index (χ0) is 19.2. The maximum atomic E-state index is 11.9. The highest BCUT2D eigenvalue weighted by atomic mass is 16.5. The topological polar surface area (TPSA) is 52.6 Å². The Morgan fingerprint density at radius 3 is 2.38 bits per heavy atom. The fraction of sp³-hybridized carbons (Fsp3) is 0.636. The van der Waals surface area contributed by atoms with E-state index in [1.165, 1.54) is 32.1 Å². The van der Waals surface area contributed by atoms with E-state index >= 15 is 0 Å². The van der Waals surface area contributed by atoms with Crippen LogP contribution in [0.25, 0.3) is 0 Å². The lowest BCUT2D eigenvalue weighted by atomic mass is 10.1. The third-order valence-electron chi connectivity index (χ3n) is 4.37. The number of rotatable bonds is 13. The smallest absolute Gasteiger partial charge is 0.311 e. The van der Waals surface area contributed by atoms with Crippen LogP contribution in [-0.2, 0) is 20.7 Å². The van der Waals surface area contributed by atoms with Crippen LogP contribution in [0.1, 0.15) is 84.1 Å². The van der Waals surface area contributed by atoms with Crippen molar-refractivity contribution in [3.63, 3.8) is 0 Å². The van der Waals surface area contributed by atoms with Crippen LogP contribution >= 0.6 is 0 Å². The van der Waals surface area contributed by atoms with Gasteiger partial charge in [0.2, 0.25) is 0 Å². The average Bonchev–Trinajstić information content (AvgIpc) is 2.63. The number of hydrogen-bond donors (Lipinski definition) is 0. The summed E-state index contributed by atoms with van der Waals surface area (Å²) >= 11 is 0. The monoisotopic (exact) mass is 362 g/mol. The van der Waals surface area contributed by atoms with Crippen molar-refractivity contribution in [1.82, 2.24) is 0 Å². The van der Waals surface area contributed by atoms with Crippen molar-refractivity contribution in [2.75, 3.05) is 0 Å². The molecule has 0 radical (unpaired) electrons. The van der Waals surface area contributed by atoms with Crippen molar-refractivity contribution in [3.05, 3.63) is 29.8 Å². The number of carbonyl (C=O) groups is 2. The molecule has 0 heterocycles. The average molecular weight is 363 g/mol. The van der Waals surface area contributed by atoms with Gasteiger partial charge in [0.1, 0.15) is 5.75 Å². The van der Waals surface area contributed by atoms with Gasteiger partial charge in [0.15, 0.2) is 0 Å². The van der Waals surface area contributed by atoms with Crippen molar-refractivity contribution in [2.24, 2.45) is 0 Å². The Morgan fingerprint density at radius 2 is 1.65 bits per heavy atom. The Labute approximate surface area is 158 Å². The van der Waals surface area contributed by atoms with Gasteiger partial charge in [0.05, 0.1) is 18.9 Å². The molecule has 1 atom stereocenters. The molecule has 1 aromatic carbocycles. The van der Waals surface area contributed by atoms with E-state index < -0.39 is 5.97 Å². The van der Waals surface area contributed by atoms with Crippen LogP contribution in [0.2, 0.25) is 0 Å². The molecule has 4 nitrogen and oxygen atoms in total. The first-order chi connectivity index (χ1) is 12.5. The van der Waals surface area contributed by atoms with E-state index in [9.17, 15) is 9.59 Å². The minimum absolute atomic E-state index is 0.0406. The SMILES string of the molecule is CCCCCCCCC(C)OC(=O)CCC(=O)Oc1cccc(CC)c1. The summed E-state index contributed by atoms with van der Waals surface area (Å²) in [5, 5.41) is 0. The lowest BCUT2D eigenvalue weighted by molar-refractivity contribution is -0.151.